The predicted molar refractivity (Wildman–Crippen MR) is 52.2 cm³/mol. The van der Waals surface area contributed by atoms with Gasteiger partial charge in [0.15, 0.2) is 0 Å². The van der Waals surface area contributed by atoms with Crippen LogP contribution >= 0.6 is 0 Å². The predicted octanol–water partition coefficient (Wildman–Crippen LogP) is -0.550. The topological polar surface area (TPSA) is 71.7 Å². The lowest BCUT2D eigenvalue weighted by Gasteiger charge is -2.26. The number of nitrogens with two attached hydrogens (primary N) is 1. The van der Waals surface area contributed by atoms with E-state index in [4.69, 9.17) is 10.6 Å². The monoisotopic (exact) mass is 186 g/mol. The molecule has 0 radical (unpaired) electrons. The van der Waals surface area contributed by atoms with Crippen LogP contribution in [0.15, 0.2) is 4.99 Å². The first-order valence-corrected chi connectivity index (χ1v) is 4.38. The lowest BCUT2D eigenvalue weighted by atomic mass is 9.88. The molecule has 5 nitrogen and oxygen atoms in total. The molecule has 1 heterocycles. The van der Waals surface area contributed by atoms with Crippen molar-refractivity contribution in [1.82, 2.24) is 10.7 Å². The molecule has 0 aliphatic carbocycles. The van der Waals surface area contributed by atoms with Crippen molar-refractivity contribution in [1.29, 1.82) is 0 Å². The molecule has 0 aromatic rings. The average molecular weight is 186 g/mol. The van der Waals surface area contributed by atoms with Crippen LogP contribution in [0.25, 0.3) is 0 Å². The molecular weight excluding hydrogens is 168 g/mol. The van der Waals surface area contributed by atoms with E-state index in [2.05, 4.69) is 29.6 Å². The summed E-state index contributed by atoms with van der Waals surface area (Å²) in [5.41, 5.74) is 2.63. The first kappa shape index (κ1) is 10.3. The highest BCUT2D eigenvalue weighted by molar-refractivity contribution is 5.79. The largest absolute Gasteiger partial charge is 0.379 e. The Hall–Kier alpha value is -0.810. The first-order chi connectivity index (χ1) is 6.10. The normalized spacial score (nSPS) is 27.4. The van der Waals surface area contributed by atoms with Gasteiger partial charge >= 0.3 is 0 Å². The summed E-state index contributed by atoms with van der Waals surface area (Å²) in [6.45, 7) is 5.78. The number of ether oxygens (including phenoxy) is 1. The minimum atomic E-state index is 0.132. The maximum Gasteiger partial charge on any atom is 0.205 e. The van der Waals surface area contributed by atoms with Crippen LogP contribution in [0.1, 0.15) is 13.8 Å². The number of hydrogen-bond donors (Lipinski definition) is 3. The summed E-state index contributed by atoms with van der Waals surface area (Å²) in [5, 5.41) is 3.19. The molecule has 1 saturated heterocycles. The van der Waals surface area contributed by atoms with Crippen LogP contribution in [-0.2, 0) is 4.74 Å². The van der Waals surface area contributed by atoms with Crippen molar-refractivity contribution in [2.24, 2.45) is 16.3 Å². The van der Waals surface area contributed by atoms with Gasteiger partial charge in [0, 0.05) is 12.5 Å². The zero-order chi connectivity index (χ0) is 9.90. The van der Waals surface area contributed by atoms with E-state index in [0.29, 0.717) is 12.6 Å². The van der Waals surface area contributed by atoms with Crippen LogP contribution in [0.3, 0.4) is 0 Å². The molecule has 4 N–H and O–H groups in total. The first-order valence-electron chi connectivity index (χ1n) is 4.38. The molecule has 1 atom stereocenters. The van der Waals surface area contributed by atoms with Crippen molar-refractivity contribution in [2.75, 3.05) is 20.3 Å². The van der Waals surface area contributed by atoms with Gasteiger partial charge in [0.2, 0.25) is 5.96 Å². The molecule has 13 heavy (non-hydrogen) atoms. The highest BCUT2D eigenvalue weighted by atomic mass is 16.5. The summed E-state index contributed by atoms with van der Waals surface area (Å²) in [4.78, 5) is 3.95. The second-order valence-electron chi connectivity index (χ2n) is 3.92. The Bertz CT molecular complexity index is 202. The van der Waals surface area contributed by atoms with Crippen molar-refractivity contribution in [3.8, 4) is 0 Å². The van der Waals surface area contributed by atoms with Gasteiger partial charge in [-0.05, 0) is 0 Å². The minimum absolute atomic E-state index is 0.132. The molecule has 0 aromatic carbocycles. The fraction of sp³-hybridized carbons (Fsp3) is 0.875. The molecule has 0 amide bonds. The van der Waals surface area contributed by atoms with Gasteiger partial charge in [-0.3, -0.25) is 10.4 Å². The molecule has 1 aliphatic heterocycles. The quantitative estimate of drug-likeness (QED) is 0.222. The van der Waals surface area contributed by atoms with Gasteiger partial charge in [0.25, 0.3) is 0 Å². The summed E-state index contributed by atoms with van der Waals surface area (Å²) in [5.74, 6) is 5.87. The zero-order valence-electron chi connectivity index (χ0n) is 8.42. The summed E-state index contributed by atoms with van der Waals surface area (Å²) < 4.78 is 5.38. The van der Waals surface area contributed by atoms with Crippen LogP contribution in [0.4, 0.5) is 0 Å². The maximum absolute atomic E-state index is 5.38. The Morgan fingerprint density at radius 1 is 1.62 bits per heavy atom. The Balaban J connectivity index is 2.53. The smallest absolute Gasteiger partial charge is 0.205 e. The Morgan fingerprint density at radius 3 is 2.69 bits per heavy atom. The van der Waals surface area contributed by atoms with Crippen molar-refractivity contribution in [3.05, 3.63) is 0 Å². The zero-order valence-corrected chi connectivity index (χ0v) is 8.42. The Labute approximate surface area is 78.7 Å². The van der Waals surface area contributed by atoms with E-state index in [0.717, 1.165) is 6.61 Å². The third-order valence-corrected chi connectivity index (χ3v) is 2.37. The van der Waals surface area contributed by atoms with Crippen LogP contribution in [0.2, 0.25) is 0 Å². The van der Waals surface area contributed by atoms with Gasteiger partial charge in [-0.1, -0.05) is 13.8 Å². The summed E-state index contributed by atoms with van der Waals surface area (Å²) >= 11 is 0. The lowest BCUT2D eigenvalue weighted by molar-refractivity contribution is 0.166. The molecule has 1 unspecified atom stereocenters. The Morgan fingerprint density at radius 2 is 2.31 bits per heavy atom. The number of hydrogen-bond acceptors (Lipinski definition) is 3. The molecular formula is C8H18N4O. The summed E-state index contributed by atoms with van der Waals surface area (Å²) in [7, 11) is 1.69. The van der Waals surface area contributed by atoms with E-state index in [-0.39, 0.29) is 11.5 Å². The van der Waals surface area contributed by atoms with E-state index in [9.17, 15) is 0 Å². The van der Waals surface area contributed by atoms with Crippen LogP contribution in [-0.4, -0.2) is 32.3 Å². The van der Waals surface area contributed by atoms with E-state index in [1.165, 1.54) is 0 Å². The van der Waals surface area contributed by atoms with Crippen molar-refractivity contribution in [2.45, 2.75) is 19.9 Å². The molecule has 1 rings (SSSR count). The number of nitrogens with one attached hydrogen (secondary N) is 2. The van der Waals surface area contributed by atoms with Crippen LogP contribution in [0.5, 0.6) is 0 Å². The number of hydrazine groups is 1. The van der Waals surface area contributed by atoms with Gasteiger partial charge in [-0.25, -0.2) is 5.84 Å². The third kappa shape index (κ3) is 2.32. The van der Waals surface area contributed by atoms with Gasteiger partial charge in [0.1, 0.15) is 0 Å². The van der Waals surface area contributed by atoms with Crippen LogP contribution in [0, 0.1) is 5.41 Å². The SMILES string of the molecule is CN=C(NN)NC1COCC1(C)C. The molecule has 1 fully saturated rings. The van der Waals surface area contributed by atoms with Crippen LogP contribution < -0.4 is 16.6 Å². The second kappa shape index (κ2) is 3.93. The Kier molecular flexibility index (Phi) is 3.11. The molecule has 1 aliphatic rings. The van der Waals surface area contributed by atoms with E-state index in [1.807, 2.05) is 0 Å². The van der Waals surface area contributed by atoms with Gasteiger partial charge in [-0.15, -0.1) is 0 Å². The number of aliphatic imine (C=N–C) groups is 1. The molecule has 0 bridgehead atoms. The van der Waals surface area contributed by atoms with Gasteiger partial charge in [0.05, 0.1) is 19.3 Å². The fourth-order valence-corrected chi connectivity index (χ4v) is 1.34. The van der Waals surface area contributed by atoms with E-state index >= 15 is 0 Å². The van der Waals surface area contributed by atoms with E-state index in [1.54, 1.807) is 7.05 Å². The number of nitrogens with zero attached hydrogens (tertiary/aromatic N) is 1. The third-order valence-electron chi connectivity index (χ3n) is 2.37. The second-order valence-corrected chi connectivity index (χ2v) is 3.92. The van der Waals surface area contributed by atoms with Gasteiger partial charge < -0.3 is 10.1 Å². The summed E-state index contributed by atoms with van der Waals surface area (Å²) in [6.07, 6.45) is 0. The highest BCUT2D eigenvalue weighted by Gasteiger charge is 2.36. The number of rotatable bonds is 1. The standard InChI is InChI=1S/C8H18N4O/c1-8(2)5-13-4-6(8)11-7(10-3)12-9/h6H,4-5,9H2,1-3H3,(H2,10,11,12). The summed E-state index contributed by atoms with van der Waals surface area (Å²) in [6, 6.07) is 0.266. The highest BCUT2D eigenvalue weighted by Crippen LogP contribution is 2.26. The molecule has 0 aromatic heterocycles. The maximum atomic E-state index is 5.38. The van der Waals surface area contributed by atoms with Crippen molar-refractivity contribution < 1.29 is 4.74 Å². The van der Waals surface area contributed by atoms with Gasteiger partial charge in [-0.2, -0.15) is 0 Å². The molecule has 0 saturated carbocycles. The number of guanidine groups is 1. The fourth-order valence-electron chi connectivity index (χ4n) is 1.34. The molecule has 0 spiro atoms. The minimum Gasteiger partial charge on any atom is -0.379 e. The molecule has 76 valence electrons. The average Bonchev–Trinajstić information content (AvgIpc) is 2.41. The lowest BCUT2D eigenvalue weighted by Crippen LogP contribution is -2.51. The molecule has 5 heteroatoms. The van der Waals surface area contributed by atoms with Crippen molar-refractivity contribution >= 4 is 5.96 Å². The van der Waals surface area contributed by atoms with Crippen molar-refractivity contribution in [3.63, 3.8) is 0 Å². The van der Waals surface area contributed by atoms with E-state index < -0.39 is 0 Å².